The van der Waals surface area contributed by atoms with Crippen LogP contribution in [0.2, 0.25) is 0 Å². The van der Waals surface area contributed by atoms with Crippen molar-refractivity contribution in [2.24, 2.45) is 5.92 Å². The Balaban J connectivity index is 1.93. The summed E-state index contributed by atoms with van der Waals surface area (Å²) in [5.74, 6) is 1.33. The zero-order valence-corrected chi connectivity index (χ0v) is 14.6. The van der Waals surface area contributed by atoms with Gasteiger partial charge in [0.05, 0.1) is 12.8 Å². The lowest BCUT2D eigenvalue weighted by Gasteiger charge is -2.36. The van der Waals surface area contributed by atoms with Gasteiger partial charge in [-0.2, -0.15) is 0 Å². The van der Waals surface area contributed by atoms with Crippen molar-refractivity contribution >= 4 is 22.5 Å². The van der Waals surface area contributed by atoms with Crippen LogP contribution in [0.15, 0.2) is 24.4 Å². The number of ether oxygens (including phenoxy) is 1. The lowest BCUT2D eigenvalue weighted by Crippen LogP contribution is -2.41. The summed E-state index contributed by atoms with van der Waals surface area (Å²) in [7, 11) is 1.68. The molecule has 3 rings (SSSR count). The number of aryl methyl sites for hydroxylation is 1. The van der Waals surface area contributed by atoms with Gasteiger partial charge in [-0.25, -0.2) is 0 Å². The predicted octanol–water partition coefficient (Wildman–Crippen LogP) is 2.90. The van der Waals surface area contributed by atoms with Crippen LogP contribution in [0.3, 0.4) is 0 Å². The molecule has 128 valence electrons. The molecule has 1 atom stereocenters. The summed E-state index contributed by atoms with van der Waals surface area (Å²) in [6, 6.07) is 6.08. The van der Waals surface area contributed by atoms with E-state index in [1.165, 1.54) is 11.3 Å². The molecule has 1 amide bonds. The van der Waals surface area contributed by atoms with Crippen molar-refractivity contribution in [3.05, 3.63) is 30.0 Å². The fourth-order valence-electron chi connectivity index (χ4n) is 3.59. The number of methoxy groups -OCH3 is 1. The van der Waals surface area contributed by atoms with Crippen LogP contribution in [-0.2, 0) is 4.79 Å². The minimum atomic E-state index is 0.0439. The SMILES string of the molecule is COc1cccc2c(N3CCC[C@H](CNC(C)=O)C3)c(C)cnc12. The Morgan fingerprint density at radius 1 is 1.46 bits per heavy atom. The molecule has 5 heteroatoms. The van der Waals surface area contributed by atoms with Crippen molar-refractivity contribution in [2.45, 2.75) is 26.7 Å². The molecule has 1 aliphatic heterocycles. The van der Waals surface area contributed by atoms with E-state index in [1.54, 1.807) is 14.0 Å². The van der Waals surface area contributed by atoms with Crippen LogP contribution in [0.4, 0.5) is 5.69 Å². The van der Waals surface area contributed by atoms with Crippen LogP contribution in [-0.4, -0.2) is 37.6 Å². The number of hydrogen-bond donors (Lipinski definition) is 1. The number of nitrogens with zero attached hydrogens (tertiary/aromatic N) is 2. The quantitative estimate of drug-likeness (QED) is 0.938. The Morgan fingerprint density at radius 3 is 3.04 bits per heavy atom. The van der Waals surface area contributed by atoms with Gasteiger partial charge >= 0.3 is 0 Å². The maximum absolute atomic E-state index is 11.2. The fourth-order valence-corrected chi connectivity index (χ4v) is 3.59. The first-order chi connectivity index (χ1) is 11.6. The molecule has 1 saturated heterocycles. The molecule has 0 bridgehead atoms. The monoisotopic (exact) mass is 327 g/mol. The van der Waals surface area contributed by atoms with Gasteiger partial charge in [0.1, 0.15) is 11.3 Å². The van der Waals surface area contributed by atoms with E-state index in [-0.39, 0.29) is 5.91 Å². The van der Waals surface area contributed by atoms with Crippen molar-refractivity contribution in [1.29, 1.82) is 0 Å². The molecule has 24 heavy (non-hydrogen) atoms. The van der Waals surface area contributed by atoms with Crippen LogP contribution in [0.5, 0.6) is 5.75 Å². The second kappa shape index (κ2) is 7.07. The first-order valence-electron chi connectivity index (χ1n) is 8.52. The highest BCUT2D eigenvalue weighted by Crippen LogP contribution is 2.35. The molecular formula is C19H25N3O2. The number of anilines is 1. The van der Waals surface area contributed by atoms with Crippen molar-refractivity contribution in [3.8, 4) is 5.75 Å². The van der Waals surface area contributed by atoms with Gasteiger partial charge < -0.3 is 15.0 Å². The number of piperidine rings is 1. The highest BCUT2D eigenvalue weighted by Gasteiger charge is 2.23. The van der Waals surface area contributed by atoms with Crippen LogP contribution in [0.1, 0.15) is 25.3 Å². The molecule has 0 saturated carbocycles. The molecule has 1 N–H and O–H groups in total. The van der Waals surface area contributed by atoms with E-state index in [4.69, 9.17) is 4.74 Å². The zero-order valence-electron chi connectivity index (χ0n) is 14.6. The molecule has 2 aromatic rings. The molecule has 0 spiro atoms. The standard InChI is InChI=1S/C19H25N3O2/c1-13-10-21-18-16(7-4-8-17(18)24-3)19(13)22-9-5-6-15(12-22)11-20-14(2)23/h4,7-8,10,15H,5-6,9,11-12H2,1-3H3,(H,20,23)/t15-/m1/s1. The number of fused-ring (bicyclic) bond motifs is 1. The molecule has 1 aromatic heterocycles. The maximum atomic E-state index is 11.2. The van der Waals surface area contributed by atoms with Crippen LogP contribution >= 0.6 is 0 Å². The van der Waals surface area contributed by atoms with Gasteiger partial charge in [-0.05, 0) is 37.3 Å². The summed E-state index contributed by atoms with van der Waals surface area (Å²) >= 11 is 0. The molecule has 1 aliphatic rings. The molecule has 0 aliphatic carbocycles. The van der Waals surface area contributed by atoms with Gasteiger partial charge in [0.15, 0.2) is 0 Å². The number of carbonyl (C=O) groups is 1. The first kappa shape index (κ1) is 16.6. The molecular weight excluding hydrogens is 302 g/mol. The number of rotatable bonds is 4. The fraction of sp³-hybridized carbons (Fsp3) is 0.474. The number of nitrogens with one attached hydrogen (secondary N) is 1. The van der Waals surface area contributed by atoms with E-state index < -0.39 is 0 Å². The Bertz CT molecular complexity index is 745. The summed E-state index contributed by atoms with van der Waals surface area (Å²) in [4.78, 5) is 18.2. The summed E-state index contributed by atoms with van der Waals surface area (Å²) in [6.45, 7) is 6.43. The van der Waals surface area contributed by atoms with Crippen molar-refractivity contribution in [3.63, 3.8) is 0 Å². The molecule has 0 radical (unpaired) electrons. The summed E-state index contributed by atoms with van der Waals surface area (Å²) in [5.41, 5.74) is 3.33. The number of carbonyl (C=O) groups excluding carboxylic acids is 1. The van der Waals surface area contributed by atoms with Crippen molar-refractivity contribution < 1.29 is 9.53 Å². The zero-order chi connectivity index (χ0) is 17.1. The van der Waals surface area contributed by atoms with Crippen LogP contribution in [0.25, 0.3) is 10.9 Å². The molecule has 1 aromatic carbocycles. The van der Waals surface area contributed by atoms with E-state index in [9.17, 15) is 4.79 Å². The summed E-state index contributed by atoms with van der Waals surface area (Å²) < 4.78 is 5.47. The largest absolute Gasteiger partial charge is 0.494 e. The van der Waals surface area contributed by atoms with E-state index in [0.717, 1.165) is 49.1 Å². The molecule has 0 unspecified atom stereocenters. The normalized spacial score (nSPS) is 17.8. The summed E-state index contributed by atoms with van der Waals surface area (Å²) in [5, 5.41) is 4.09. The van der Waals surface area contributed by atoms with Gasteiger partial charge in [0, 0.05) is 38.1 Å². The second-order valence-corrected chi connectivity index (χ2v) is 6.54. The number of aromatic nitrogens is 1. The number of hydrogen-bond acceptors (Lipinski definition) is 4. The number of amides is 1. The third-order valence-electron chi connectivity index (χ3n) is 4.71. The number of benzene rings is 1. The maximum Gasteiger partial charge on any atom is 0.216 e. The topological polar surface area (TPSA) is 54.5 Å². The minimum absolute atomic E-state index is 0.0439. The predicted molar refractivity (Wildman–Crippen MR) is 96.7 cm³/mol. The van der Waals surface area contributed by atoms with E-state index in [0.29, 0.717) is 5.92 Å². The molecule has 2 heterocycles. The Morgan fingerprint density at radius 2 is 2.29 bits per heavy atom. The van der Waals surface area contributed by atoms with E-state index in [2.05, 4.69) is 28.2 Å². The minimum Gasteiger partial charge on any atom is -0.494 e. The van der Waals surface area contributed by atoms with Gasteiger partial charge in [-0.1, -0.05) is 12.1 Å². The lowest BCUT2D eigenvalue weighted by atomic mass is 9.96. The average Bonchev–Trinajstić information content (AvgIpc) is 2.59. The highest BCUT2D eigenvalue weighted by atomic mass is 16.5. The van der Waals surface area contributed by atoms with Crippen molar-refractivity contribution in [1.82, 2.24) is 10.3 Å². The van der Waals surface area contributed by atoms with Crippen LogP contribution < -0.4 is 15.0 Å². The third-order valence-corrected chi connectivity index (χ3v) is 4.71. The first-order valence-corrected chi connectivity index (χ1v) is 8.52. The second-order valence-electron chi connectivity index (χ2n) is 6.54. The Labute approximate surface area is 143 Å². The number of para-hydroxylation sites is 1. The van der Waals surface area contributed by atoms with Gasteiger partial charge in [0.25, 0.3) is 0 Å². The highest BCUT2D eigenvalue weighted by molar-refractivity contribution is 5.96. The van der Waals surface area contributed by atoms with Gasteiger partial charge in [0.2, 0.25) is 5.91 Å². The van der Waals surface area contributed by atoms with Crippen molar-refractivity contribution in [2.75, 3.05) is 31.6 Å². The van der Waals surface area contributed by atoms with E-state index >= 15 is 0 Å². The van der Waals surface area contributed by atoms with Crippen LogP contribution in [0, 0.1) is 12.8 Å². The molecule has 1 fully saturated rings. The smallest absolute Gasteiger partial charge is 0.216 e. The Kier molecular flexibility index (Phi) is 4.88. The van der Waals surface area contributed by atoms with Gasteiger partial charge in [-0.3, -0.25) is 9.78 Å². The lowest BCUT2D eigenvalue weighted by molar-refractivity contribution is -0.119. The summed E-state index contributed by atoms with van der Waals surface area (Å²) in [6.07, 6.45) is 4.22. The number of pyridine rings is 1. The molecule has 5 nitrogen and oxygen atoms in total. The Hall–Kier alpha value is -2.30. The van der Waals surface area contributed by atoms with E-state index in [1.807, 2.05) is 18.3 Å². The third kappa shape index (κ3) is 3.30. The average molecular weight is 327 g/mol. The van der Waals surface area contributed by atoms with Gasteiger partial charge in [-0.15, -0.1) is 0 Å².